The molecule has 0 aliphatic heterocycles. The number of nitrogens with zero attached hydrogens (tertiary/aromatic N) is 1. The fourth-order valence-corrected chi connectivity index (χ4v) is 2.88. The average Bonchev–Trinajstić information content (AvgIpc) is 2.96. The van der Waals surface area contributed by atoms with Crippen LogP contribution in [0.2, 0.25) is 0 Å². The molecule has 2 N–H and O–H groups in total. The van der Waals surface area contributed by atoms with Crippen LogP contribution in [0.1, 0.15) is 48.9 Å². The van der Waals surface area contributed by atoms with Gasteiger partial charge in [0.1, 0.15) is 5.69 Å². The number of hydrogen-bond donors (Lipinski definition) is 2. The summed E-state index contributed by atoms with van der Waals surface area (Å²) in [6.07, 6.45) is 7.36. The van der Waals surface area contributed by atoms with Crippen molar-refractivity contribution in [2.75, 3.05) is 11.9 Å². The van der Waals surface area contributed by atoms with Crippen molar-refractivity contribution in [2.24, 2.45) is 5.92 Å². The molecule has 1 fully saturated rings. The molecule has 0 aromatic heterocycles. The third-order valence-corrected chi connectivity index (χ3v) is 4.02. The largest absolute Gasteiger partial charge is 0.478 e. The van der Waals surface area contributed by atoms with E-state index in [-0.39, 0.29) is 11.3 Å². The van der Waals surface area contributed by atoms with E-state index in [0.29, 0.717) is 12.2 Å². The Labute approximate surface area is 123 Å². The lowest BCUT2D eigenvalue weighted by Gasteiger charge is -2.10. The van der Waals surface area contributed by atoms with E-state index in [1.807, 2.05) is 0 Å². The number of carboxylic acid groups (broad SMARTS) is 1. The molecular formula is C15H20N2O4. The first-order chi connectivity index (χ1) is 10.1. The predicted molar refractivity (Wildman–Crippen MR) is 79.7 cm³/mol. The van der Waals surface area contributed by atoms with Crippen LogP contribution in [0.15, 0.2) is 18.2 Å². The zero-order valence-corrected chi connectivity index (χ0v) is 11.9. The molecule has 0 unspecified atom stereocenters. The Kier molecular flexibility index (Phi) is 5.14. The van der Waals surface area contributed by atoms with Gasteiger partial charge in [0.05, 0.1) is 10.5 Å². The number of rotatable bonds is 7. The van der Waals surface area contributed by atoms with Crippen LogP contribution in [0.3, 0.4) is 0 Å². The average molecular weight is 292 g/mol. The van der Waals surface area contributed by atoms with Crippen molar-refractivity contribution in [2.45, 2.75) is 38.5 Å². The first kappa shape index (κ1) is 15.3. The van der Waals surface area contributed by atoms with Gasteiger partial charge in [0.25, 0.3) is 5.69 Å². The van der Waals surface area contributed by atoms with E-state index in [1.54, 1.807) is 0 Å². The Morgan fingerprint density at radius 1 is 1.38 bits per heavy atom. The fraction of sp³-hybridized carbons (Fsp3) is 0.533. The number of hydrogen-bond acceptors (Lipinski definition) is 4. The van der Waals surface area contributed by atoms with Crippen molar-refractivity contribution in [1.82, 2.24) is 0 Å². The summed E-state index contributed by atoms with van der Waals surface area (Å²) in [7, 11) is 0. The third-order valence-electron chi connectivity index (χ3n) is 4.02. The van der Waals surface area contributed by atoms with Crippen LogP contribution in [-0.2, 0) is 0 Å². The number of carboxylic acids is 1. The molecule has 0 atom stereocenters. The van der Waals surface area contributed by atoms with Crippen LogP contribution >= 0.6 is 0 Å². The standard InChI is InChI=1S/C15H20N2O4/c18-15(19)12-7-8-13(14(10-12)17(20)21)16-9-3-6-11-4-1-2-5-11/h7-8,10-11,16H,1-6,9H2,(H,18,19). The summed E-state index contributed by atoms with van der Waals surface area (Å²) in [5.41, 5.74) is 0.130. The van der Waals surface area contributed by atoms with Crippen LogP contribution < -0.4 is 5.32 Å². The van der Waals surface area contributed by atoms with E-state index in [0.717, 1.165) is 24.8 Å². The van der Waals surface area contributed by atoms with Gasteiger partial charge in [-0.3, -0.25) is 10.1 Å². The highest BCUT2D eigenvalue weighted by Gasteiger charge is 2.17. The van der Waals surface area contributed by atoms with Crippen LogP contribution in [0.25, 0.3) is 0 Å². The number of nitro benzene ring substituents is 1. The molecule has 1 aromatic carbocycles. The van der Waals surface area contributed by atoms with E-state index in [9.17, 15) is 14.9 Å². The van der Waals surface area contributed by atoms with Crippen molar-refractivity contribution in [1.29, 1.82) is 0 Å². The van der Waals surface area contributed by atoms with Gasteiger partial charge >= 0.3 is 5.97 Å². The zero-order chi connectivity index (χ0) is 15.2. The number of aromatic carboxylic acids is 1. The van der Waals surface area contributed by atoms with E-state index >= 15 is 0 Å². The number of carbonyl (C=O) groups is 1. The summed E-state index contributed by atoms with van der Waals surface area (Å²) in [6, 6.07) is 3.95. The normalized spacial score (nSPS) is 15.0. The minimum absolute atomic E-state index is 0.0711. The first-order valence-electron chi connectivity index (χ1n) is 7.33. The van der Waals surface area contributed by atoms with Crippen molar-refractivity contribution in [3.05, 3.63) is 33.9 Å². The summed E-state index contributed by atoms with van der Waals surface area (Å²) in [5, 5.41) is 22.9. The molecule has 21 heavy (non-hydrogen) atoms. The lowest BCUT2D eigenvalue weighted by molar-refractivity contribution is -0.384. The number of nitro groups is 1. The van der Waals surface area contributed by atoms with Gasteiger partial charge in [-0.25, -0.2) is 4.79 Å². The second-order valence-electron chi connectivity index (χ2n) is 5.51. The van der Waals surface area contributed by atoms with Gasteiger partial charge < -0.3 is 10.4 Å². The molecular weight excluding hydrogens is 272 g/mol. The highest BCUT2D eigenvalue weighted by Crippen LogP contribution is 2.29. The smallest absolute Gasteiger partial charge is 0.335 e. The summed E-state index contributed by atoms with van der Waals surface area (Å²) in [6.45, 7) is 0.670. The maximum atomic E-state index is 11.0. The van der Waals surface area contributed by atoms with Gasteiger partial charge in [-0.15, -0.1) is 0 Å². The van der Waals surface area contributed by atoms with Crippen LogP contribution in [0.4, 0.5) is 11.4 Å². The van der Waals surface area contributed by atoms with Gasteiger partial charge in [0, 0.05) is 12.6 Å². The number of anilines is 1. The predicted octanol–water partition coefficient (Wildman–Crippen LogP) is 3.68. The minimum atomic E-state index is -1.16. The van der Waals surface area contributed by atoms with Crippen molar-refractivity contribution in [3.63, 3.8) is 0 Å². The molecule has 0 amide bonds. The molecule has 1 aromatic rings. The van der Waals surface area contributed by atoms with Crippen molar-refractivity contribution >= 4 is 17.3 Å². The highest BCUT2D eigenvalue weighted by atomic mass is 16.6. The molecule has 0 radical (unpaired) electrons. The lowest BCUT2D eigenvalue weighted by atomic mass is 10.0. The monoisotopic (exact) mass is 292 g/mol. The summed E-state index contributed by atoms with van der Waals surface area (Å²) in [4.78, 5) is 21.3. The Morgan fingerprint density at radius 3 is 2.71 bits per heavy atom. The maximum absolute atomic E-state index is 11.0. The molecule has 114 valence electrons. The zero-order valence-electron chi connectivity index (χ0n) is 11.9. The Hall–Kier alpha value is -2.11. The van der Waals surface area contributed by atoms with Gasteiger partial charge in [-0.1, -0.05) is 25.7 Å². The second-order valence-corrected chi connectivity index (χ2v) is 5.51. The Bertz CT molecular complexity index is 524. The fourth-order valence-electron chi connectivity index (χ4n) is 2.88. The van der Waals surface area contributed by atoms with Crippen LogP contribution in [0, 0.1) is 16.0 Å². The third kappa shape index (κ3) is 4.18. The Balaban J connectivity index is 1.92. The van der Waals surface area contributed by atoms with Crippen molar-refractivity contribution < 1.29 is 14.8 Å². The minimum Gasteiger partial charge on any atom is -0.478 e. The van der Waals surface area contributed by atoms with E-state index in [1.165, 1.54) is 37.8 Å². The van der Waals surface area contributed by atoms with E-state index in [2.05, 4.69) is 5.32 Å². The molecule has 6 heteroatoms. The summed E-state index contributed by atoms with van der Waals surface area (Å²) < 4.78 is 0. The SMILES string of the molecule is O=C(O)c1ccc(NCCCC2CCCC2)c([N+](=O)[O-])c1. The molecule has 0 heterocycles. The Morgan fingerprint density at radius 2 is 2.10 bits per heavy atom. The maximum Gasteiger partial charge on any atom is 0.335 e. The van der Waals surface area contributed by atoms with Crippen LogP contribution in [-0.4, -0.2) is 22.5 Å². The number of nitrogens with one attached hydrogen (secondary N) is 1. The molecule has 1 saturated carbocycles. The van der Waals surface area contributed by atoms with E-state index < -0.39 is 10.9 Å². The quantitative estimate of drug-likeness (QED) is 0.454. The molecule has 1 aliphatic rings. The first-order valence-corrected chi connectivity index (χ1v) is 7.33. The highest BCUT2D eigenvalue weighted by molar-refractivity contribution is 5.89. The number of benzene rings is 1. The molecule has 0 saturated heterocycles. The van der Waals surface area contributed by atoms with Gasteiger partial charge in [-0.05, 0) is 30.9 Å². The molecule has 6 nitrogen and oxygen atoms in total. The van der Waals surface area contributed by atoms with Crippen molar-refractivity contribution in [3.8, 4) is 0 Å². The lowest BCUT2D eigenvalue weighted by Crippen LogP contribution is -2.07. The molecule has 0 spiro atoms. The molecule has 0 bridgehead atoms. The summed E-state index contributed by atoms with van der Waals surface area (Å²) in [5.74, 6) is -0.359. The second kappa shape index (κ2) is 7.06. The van der Waals surface area contributed by atoms with Crippen LogP contribution in [0.5, 0.6) is 0 Å². The summed E-state index contributed by atoms with van der Waals surface area (Å²) >= 11 is 0. The molecule has 2 rings (SSSR count). The van der Waals surface area contributed by atoms with Gasteiger partial charge in [0.15, 0.2) is 0 Å². The van der Waals surface area contributed by atoms with E-state index in [4.69, 9.17) is 5.11 Å². The van der Waals surface area contributed by atoms with Gasteiger partial charge in [0.2, 0.25) is 0 Å². The molecule has 1 aliphatic carbocycles. The van der Waals surface area contributed by atoms with Gasteiger partial charge in [-0.2, -0.15) is 0 Å². The topological polar surface area (TPSA) is 92.5 Å².